The number of nitrogens with one attached hydrogen (secondary N) is 1. The van der Waals surface area contributed by atoms with Crippen LogP contribution in [0, 0.1) is 0 Å². The molecule has 3 N–H and O–H groups in total. The molecule has 7 heteroatoms. The third kappa shape index (κ3) is 3.31. The number of hydrogen-bond donors (Lipinski definition) is 2. The van der Waals surface area contributed by atoms with E-state index in [0.717, 1.165) is 0 Å². The molecule has 0 spiro atoms. The van der Waals surface area contributed by atoms with Crippen LogP contribution >= 0.6 is 28.1 Å². The van der Waals surface area contributed by atoms with E-state index in [-0.39, 0.29) is 10.7 Å². The Balaban J connectivity index is 3.34. The van der Waals surface area contributed by atoms with Gasteiger partial charge in [-0.25, -0.2) is 4.79 Å². The fourth-order valence-electron chi connectivity index (χ4n) is 1.30. The predicted octanol–water partition coefficient (Wildman–Crippen LogP) is 1.90. The molecule has 5 nitrogen and oxygen atoms in total. The fourth-order valence-corrected chi connectivity index (χ4v) is 1.87. The van der Waals surface area contributed by atoms with E-state index in [9.17, 15) is 4.79 Å². The Morgan fingerprint density at radius 1 is 1.47 bits per heavy atom. The first-order valence-electron chi connectivity index (χ1n) is 4.52. The lowest BCUT2D eigenvalue weighted by molar-refractivity contribution is 0.0597. The minimum absolute atomic E-state index is 0.0808. The van der Waals surface area contributed by atoms with Gasteiger partial charge in [0.2, 0.25) is 0 Å². The molecular formula is C10H11BrN2O3S. The van der Waals surface area contributed by atoms with E-state index in [1.807, 2.05) is 0 Å². The molecule has 1 aromatic rings. The molecule has 0 radical (unpaired) electrons. The first kappa shape index (κ1) is 13.7. The topological polar surface area (TPSA) is 73.6 Å². The molecule has 0 saturated carbocycles. The van der Waals surface area contributed by atoms with Gasteiger partial charge < -0.3 is 20.5 Å². The van der Waals surface area contributed by atoms with Crippen LogP contribution in [0.2, 0.25) is 0 Å². The lowest BCUT2D eigenvalue weighted by Gasteiger charge is -2.13. The summed E-state index contributed by atoms with van der Waals surface area (Å²) >= 11 is 8.02. The number of thiocarbonyl (C=S) groups is 1. The van der Waals surface area contributed by atoms with E-state index in [1.165, 1.54) is 14.2 Å². The number of hydrogen-bond acceptors (Lipinski definition) is 4. The van der Waals surface area contributed by atoms with E-state index >= 15 is 0 Å². The predicted molar refractivity (Wildman–Crippen MR) is 72.4 cm³/mol. The zero-order chi connectivity index (χ0) is 13.0. The van der Waals surface area contributed by atoms with Crippen LogP contribution in [0.25, 0.3) is 0 Å². The van der Waals surface area contributed by atoms with Gasteiger partial charge in [-0.05, 0) is 24.4 Å². The molecule has 0 saturated heterocycles. The highest BCUT2D eigenvalue weighted by Gasteiger charge is 2.18. The van der Waals surface area contributed by atoms with Crippen molar-refractivity contribution in [1.29, 1.82) is 0 Å². The second-order valence-corrected chi connectivity index (χ2v) is 4.37. The quantitative estimate of drug-likeness (QED) is 0.655. The van der Waals surface area contributed by atoms with Crippen LogP contribution in [0.5, 0.6) is 5.75 Å². The molecule has 0 heterocycles. The summed E-state index contributed by atoms with van der Waals surface area (Å²) in [7, 11) is 2.74. The van der Waals surface area contributed by atoms with Crippen molar-refractivity contribution in [1.82, 2.24) is 0 Å². The summed E-state index contributed by atoms with van der Waals surface area (Å²) in [5.74, 6) is -0.179. The normalized spacial score (nSPS) is 9.59. The van der Waals surface area contributed by atoms with Crippen LogP contribution in [0.4, 0.5) is 5.69 Å². The van der Waals surface area contributed by atoms with Crippen LogP contribution in [0.1, 0.15) is 10.4 Å². The highest BCUT2D eigenvalue weighted by Crippen LogP contribution is 2.33. The highest BCUT2D eigenvalue weighted by atomic mass is 79.9. The monoisotopic (exact) mass is 318 g/mol. The molecule has 1 aromatic carbocycles. The summed E-state index contributed by atoms with van der Waals surface area (Å²) in [5, 5.41) is 2.81. The number of carbonyl (C=O) groups excluding carboxylic acids is 1. The molecule has 17 heavy (non-hydrogen) atoms. The van der Waals surface area contributed by atoms with E-state index in [1.54, 1.807) is 12.1 Å². The maximum Gasteiger partial charge on any atom is 0.341 e. The molecule has 0 amide bonds. The number of halogens is 1. The molecule has 0 aliphatic rings. The maximum atomic E-state index is 11.6. The van der Waals surface area contributed by atoms with Crippen molar-refractivity contribution in [3.05, 3.63) is 22.2 Å². The zero-order valence-electron chi connectivity index (χ0n) is 9.24. The van der Waals surface area contributed by atoms with E-state index in [0.29, 0.717) is 15.9 Å². The molecule has 0 fully saturated rings. The molecule has 0 atom stereocenters. The van der Waals surface area contributed by atoms with Gasteiger partial charge in [-0.2, -0.15) is 0 Å². The minimum Gasteiger partial charge on any atom is -0.494 e. The van der Waals surface area contributed by atoms with Crippen LogP contribution in [-0.4, -0.2) is 25.3 Å². The number of anilines is 1. The van der Waals surface area contributed by atoms with Crippen LogP contribution < -0.4 is 15.8 Å². The molecule has 0 aliphatic heterocycles. The number of esters is 1. The molecule has 0 unspecified atom stereocenters. The summed E-state index contributed by atoms with van der Waals surface area (Å²) in [6.07, 6.45) is 0. The van der Waals surface area contributed by atoms with Gasteiger partial charge in [0.05, 0.1) is 19.9 Å². The molecule has 1 rings (SSSR count). The Kier molecular flexibility index (Phi) is 4.71. The van der Waals surface area contributed by atoms with Crippen molar-refractivity contribution in [2.45, 2.75) is 0 Å². The zero-order valence-corrected chi connectivity index (χ0v) is 11.6. The van der Waals surface area contributed by atoms with Gasteiger partial charge in [-0.15, -0.1) is 0 Å². The maximum absolute atomic E-state index is 11.6. The Bertz CT molecular complexity index is 465. The Morgan fingerprint density at radius 2 is 2.12 bits per heavy atom. The van der Waals surface area contributed by atoms with Crippen molar-refractivity contribution in [2.75, 3.05) is 19.5 Å². The Labute approximate surface area is 112 Å². The first-order chi connectivity index (χ1) is 7.99. The molecule has 0 aromatic heterocycles. The first-order valence-corrected chi connectivity index (χ1v) is 5.72. The Morgan fingerprint density at radius 3 is 2.59 bits per heavy atom. The van der Waals surface area contributed by atoms with Crippen LogP contribution in [-0.2, 0) is 4.74 Å². The second kappa shape index (κ2) is 5.83. The minimum atomic E-state index is -0.505. The van der Waals surface area contributed by atoms with Crippen LogP contribution in [0.3, 0.4) is 0 Å². The van der Waals surface area contributed by atoms with Crippen molar-refractivity contribution in [2.24, 2.45) is 5.73 Å². The van der Waals surface area contributed by atoms with Crippen molar-refractivity contribution in [3.8, 4) is 5.75 Å². The van der Waals surface area contributed by atoms with Gasteiger partial charge in [0.25, 0.3) is 0 Å². The van der Waals surface area contributed by atoms with Crippen molar-refractivity contribution < 1.29 is 14.3 Å². The van der Waals surface area contributed by atoms with E-state index in [4.69, 9.17) is 22.7 Å². The standard InChI is InChI=1S/C10H11BrN2O3S/c1-15-8-6(9(14)16-2)3-5(11)4-7(8)13-10(12)17/h3-4H,1-2H3,(H3,12,13,17). The average Bonchev–Trinajstić information content (AvgIpc) is 2.26. The number of rotatable bonds is 3. The summed E-state index contributed by atoms with van der Waals surface area (Å²) < 4.78 is 10.5. The Hall–Kier alpha value is -1.34. The van der Waals surface area contributed by atoms with Gasteiger partial charge >= 0.3 is 5.97 Å². The second-order valence-electron chi connectivity index (χ2n) is 3.01. The van der Waals surface area contributed by atoms with Crippen molar-refractivity contribution >= 4 is 44.9 Å². The fraction of sp³-hybridized carbons (Fsp3) is 0.200. The smallest absolute Gasteiger partial charge is 0.341 e. The summed E-state index contributed by atoms with van der Waals surface area (Å²) in [6, 6.07) is 3.29. The number of carbonyl (C=O) groups is 1. The number of benzene rings is 1. The number of methoxy groups -OCH3 is 2. The molecule has 92 valence electrons. The van der Waals surface area contributed by atoms with Crippen LogP contribution in [0.15, 0.2) is 16.6 Å². The molecule has 0 bridgehead atoms. The largest absolute Gasteiger partial charge is 0.494 e. The summed E-state index contributed by atoms with van der Waals surface area (Å²) in [6.45, 7) is 0. The summed E-state index contributed by atoms with van der Waals surface area (Å²) in [5.41, 5.74) is 6.17. The average molecular weight is 319 g/mol. The number of nitrogens with two attached hydrogens (primary N) is 1. The van der Waals surface area contributed by atoms with Gasteiger partial charge in [0.15, 0.2) is 10.9 Å². The third-order valence-electron chi connectivity index (χ3n) is 1.92. The third-order valence-corrected chi connectivity index (χ3v) is 2.48. The highest BCUT2D eigenvalue weighted by molar-refractivity contribution is 9.10. The number of ether oxygens (including phenoxy) is 2. The lowest BCUT2D eigenvalue weighted by atomic mass is 10.1. The van der Waals surface area contributed by atoms with E-state index < -0.39 is 5.97 Å². The SMILES string of the molecule is COC(=O)c1cc(Br)cc(NC(N)=S)c1OC. The van der Waals surface area contributed by atoms with Crippen molar-refractivity contribution in [3.63, 3.8) is 0 Å². The van der Waals surface area contributed by atoms with Gasteiger partial charge in [0, 0.05) is 4.47 Å². The molecular weight excluding hydrogens is 308 g/mol. The van der Waals surface area contributed by atoms with Gasteiger partial charge in [-0.1, -0.05) is 15.9 Å². The van der Waals surface area contributed by atoms with Gasteiger partial charge in [0.1, 0.15) is 5.56 Å². The molecule has 0 aliphatic carbocycles. The summed E-state index contributed by atoms with van der Waals surface area (Å²) in [4.78, 5) is 11.6. The lowest BCUT2D eigenvalue weighted by Crippen LogP contribution is -2.20. The van der Waals surface area contributed by atoms with E-state index in [2.05, 4.69) is 26.0 Å². The van der Waals surface area contributed by atoms with Gasteiger partial charge in [-0.3, -0.25) is 0 Å².